The van der Waals surface area contributed by atoms with Gasteiger partial charge in [0.15, 0.2) is 0 Å². The fourth-order valence-corrected chi connectivity index (χ4v) is 3.71. The third-order valence-electron chi connectivity index (χ3n) is 4.55. The number of anilines is 1. The molecule has 2 aromatic rings. The molecule has 0 aliphatic carbocycles. The van der Waals surface area contributed by atoms with Gasteiger partial charge in [0.05, 0.1) is 5.02 Å². The van der Waals surface area contributed by atoms with Crippen molar-refractivity contribution >= 4 is 46.4 Å². The zero-order valence-electron chi connectivity index (χ0n) is 13.9. The highest BCUT2D eigenvalue weighted by Gasteiger charge is 2.25. The number of nitrogens with one attached hydrogen (secondary N) is 1. The van der Waals surface area contributed by atoms with Crippen LogP contribution < -0.4 is 5.32 Å². The molecule has 2 aromatic carbocycles. The Morgan fingerprint density at radius 1 is 1.08 bits per heavy atom. The Morgan fingerprint density at radius 3 is 2.46 bits per heavy atom. The second kappa shape index (κ2) is 8.57. The maximum Gasteiger partial charge on any atom is 0.227 e. The van der Waals surface area contributed by atoms with E-state index in [0.29, 0.717) is 15.7 Å². The van der Waals surface area contributed by atoms with Crippen molar-refractivity contribution in [2.75, 3.05) is 18.4 Å². The summed E-state index contributed by atoms with van der Waals surface area (Å²) in [6.07, 6.45) is 1.51. The van der Waals surface area contributed by atoms with Crippen LogP contribution in [0.3, 0.4) is 0 Å². The van der Waals surface area contributed by atoms with Crippen LogP contribution >= 0.6 is 34.8 Å². The molecule has 1 fully saturated rings. The molecule has 0 atom stereocenters. The first-order valence-corrected chi connectivity index (χ1v) is 9.48. The second-order valence-electron chi connectivity index (χ2n) is 6.40. The Bertz CT molecular complexity index is 807. The molecule has 1 aliphatic heterocycles. The lowest BCUT2D eigenvalue weighted by Gasteiger charge is -2.31. The molecule has 0 saturated carbocycles. The zero-order valence-corrected chi connectivity index (χ0v) is 16.2. The van der Waals surface area contributed by atoms with E-state index in [4.69, 9.17) is 34.8 Å². The van der Waals surface area contributed by atoms with Crippen LogP contribution in [0, 0.1) is 11.7 Å². The molecule has 3 rings (SSSR count). The Hall–Kier alpha value is -1.33. The summed E-state index contributed by atoms with van der Waals surface area (Å²) in [5.74, 6) is -0.633. The third-order valence-corrected chi connectivity index (χ3v) is 5.43. The van der Waals surface area contributed by atoms with E-state index in [1.807, 2.05) is 12.1 Å². The average Bonchev–Trinajstić information content (AvgIpc) is 2.61. The quantitative estimate of drug-likeness (QED) is 0.701. The molecule has 1 N–H and O–H groups in total. The van der Waals surface area contributed by atoms with Crippen molar-refractivity contribution < 1.29 is 9.18 Å². The van der Waals surface area contributed by atoms with Gasteiger partial charge in [-0.05, 0) is 61.8 Å². The summed E-state index contributed by atoms with van der Waals surface area (Å²) in [4.78, 5) is 14.7. The van der Waals surface area contributed by atoms with Crippen LogP contribution in [0.15, 0.2) is 36.4 Å². The first-order valence-electron chi connectivity index (χ1n) is 8.34. The van der Waals surface area contributed by atoms with Gasteiger partial charge in [-0.1, -0.05) is 40.9 Å². The van der Waals surface area contributed by atoms with Crippen molar-refractivity contribution in [3.8, 4) is 0 Å². The van der Waals surface area contributed by atoms with Crippen LogP contribution in [-0.4, -0.2) is 23.9 Å². The first-order chi connectivity index (χ1) is 12.4. The summed E-state index contributed by atoms with van der Waals surface area (Å²) in [6, 6.07) is 9.69. The number of benzene rings is 2. The maximum absolute atomic E-state index is 13.2. The van der Waals surface area contributed by atoms with Gasteiger partial charge in [-0.2, -0.15) is 0 Å². The first kappa shape index (κ1) is 19.4. The lowest BCUT2D eigenvalue weighted by Crippen LogP contribution is -2.37. The Morgan fingerprint density at radius 2 is 1.81 bits per heavy atom. The van der Waals surface area contributed by atoms with Crippen LogP contribution in [-0.2, 0) is 11.3 Å². The maximum atomic E-state index is 13.2. The van der Waals surface area contributed by atoms with Crippen molar-refractivity contribution in [1.29, 1.82) is 0 Å². The van der Waals surface area contributed by atoms with Gasteiger partial charge in [-0.15, -0.1) is 0 Å². The molecule has 1 heterocycles. The predicted octanol–water partition coefficient (Wildman–Crippen LogP) is 5.64. The average molecular weight is 416 g/mol. The third kappa shape index (κ3) is 4.89. The van der Waals surface area contributed by atoms with Crippen LogP contribution in [0.25, 0.3) is 0 Å². The van der Waals surface area contributed by atoms with Gasteiger partial charge in [-0.3, -0.25) is 9.69 Å². The summed E-state index contributed by atoms with van der Waals surface area (Å²) in [7, 11) is 0. The second-order valence-corrected chi connectivity index (χ2v) is 7.66. The van der Waals surface area contributed by atoms with E-state index in [1.54, 1.807) is 6.07 Å². The lowest BCUT2D eigenvalue weighted by molar-refractivity contribution is -0.121. The molecule has 7 heteroatoms. The number of amides is 1. The SMILES string of the molecule is O=C(Nc1ccc(F)c(Cl)c1)C1CCN(Cc2ccc(Cl)cc2Cl)CC1. The molecular formula is C19H18Cl3FN2O. The van der Waals surface area contributed by atoms with E-state index in [2.05, 4.69) is 10.2 Å². The molecule has 26 heavy (non-hydrogen) atoms. The number of halogens is 4. The van der Waals surface area contributed by atoms with Crippen molar-refractivity contribution in [3.63, 3.8) is 0 Å². The van der Waals surface area contributed by atoms with Crippen LogP contribution in [0.2, 0.25) is 15.1 Å². The number of piperidine rings is 1. The van der Waals surface area contributed by atoms with E-state index in [-0.39, 0.29) is 16.8 Å². The number of hydrogen-bond acceptors (Lipinski definition) is 2. The standard InChI is InChI=1S/C19H18Cl3FN2O/c20-14-2-1-13(16(21)9-14)11-25-7-5-12(6-8-25)19(26)24-15-3-4-18(23)17(22)10-15/h1-4,9-10,12H,5-8,11H2,(H,24,26). The van der Waals surface area contributed by atoms with E-state index in [9.17, 15) is 9.18 Å². The summed E-state index contributed by atoms with van der Waals surface area (Å²) >= 11 is 17.9. The van der Waals surface area contributed by atoms with Crippen LogP contribution in [0.5, 0.6) is 0 Å². The van der Waals surface area contributed by atoms with Crippen molar-refractivity contribution in [2.24, 2.45) is 5.92 Å². The Labute approximate surface area is 167 Å². The molecule has 0 unspecified atom stereocenters. The van der Waals surface area contributed by atoms with Gasteiger partial charge in [0.25, 0.3) is 0 Å². The number of rotatable bonds is 4. The van der Waals surface area contributed by atoms with Crippen LogP contribution in [0.1, 0.15) is 18.4 Å². The molecule has 1 aliphatic rings. The highest BCUT2D eigenvalue weighted by molar-refractivity contribution is 6.35. The van der Waals surface area contributed by atoms with Gasteiger partial charge in [-0.25, -0.2) is 4.39 Å². The van der Waals surface area contributed by atoms with Crippen molar-refractivity contribution in [1.82, 2.24) is 4.90 Å². The highest BCUT2D eigenvalue weighted by atomic mass is 35.5. The molecule has 3 nitrogen and oxygen atoms in total. The topological polar surface area (TPSA) is 32.3 Å². The largest absolute Gasteiger partial charge is 0.326 e. The number of carbonyl (C=O) groups excluding carboxylic acids is 1. The number of carbonyl (C=O) groups is 1. The van der Waals surface area contributed by atoms with E-state index in [1.165, 1.54) is 18.2 Å². The number of nitrogens with zero attached hydrogens (tertiary/aromatic N) is 1. The normalized spacial score (nSPS) is 15.8. The van der Waals surface area contributed by atoms with Gasteiger partial charge in [0, 0.05) is 28.2 Å². The minimum Gasteiger partial charge on any atom is -0.326 e. The monoisotopic (exact) mass is 414 g/mol. The minimum absolute atomic E-state index is 0.00235. The summed E-state index contributed by atoms with van der Waals surface area (Å²) in [5.41, 5.74) is 1.54. The summed E-state index contributed by atoms with van der Waals surface area (Å²) in [6.45, 7) is 2.35. The molecule has 0 bridgehead atoms. The zero-order chi connectivity index (χ0) is 18.7. The van der Waals surface area contributed by atoms with Gasteiger partial charge >= 0.3 is 0 Å². The molecular weight excluding hydrogens is 398 g/mol. The fourth-order valence-electron chi connectivity index (χ4n) is 3.06. The van der Waals surface area contributed by atoms with E-state index in [0.717, 1.165) is 38.0 Å². The molecule has 1 amide bonds. The summed E-state index contributed by atoms with van der Waals surface area (Å²) in [5, 5.41) is 4.09. The number of likely N-dealkylation sites (tertiary alicyclic amines) is 1. The molecule has 0 spiro atoms. The lowest BCUT2D eigenvalue weighted by atomic mass is 9.95. The Kier molecular flexibility index (Phi) is 6.41. The molecule has 0 aromatic heterocycles. The molecule has 1 saturated heterocycles. The molecule has 0 radical (unpaired) electrons. The number of hydrogen-bond donors (Lipinski definition) is 1. The van der Waals surface area contributed by atoms with Gasteiger partial charge in [0.1, 0.15) is 5.82 Å². The van der Waals surface area contributed by atoms with Gasteiger partial charge < -0.3 is 5.32 Å². The smallest absolute Gasteiger partial charge is 0.227 e. The molecule has 138 valence electrons. The van der Waals surface area contributed by atoms with Crippen LogP contribution in [0.4, 0.5) is 10.1 Å². The summed E-state index contributed by atoms with van der Waals surface area (Å²) < 4.78 is 13.2. The minimum atomic E-state index is -0.501. The van der Waals surface area contributed by atoms with E-state index < -0.39 is 5.82 Å². The van der Waals surface area contributed by atoms with E-state index >= 15 is 0 Å². The van der Waals surface area contributed by atoms with Crippen molar-refractivity contribution in [3.05, 3.63) is 62.8 Å². The predicted molar refractivity (Wildman–Crippen MR) is 105 cm³/mol. The fraction of sp³-hybridized carbons (Fsp3) is 0.316. The van der Waals surface area contributed by atoms with Crippen molar-refractivity contribution in [2.45, 2.75) is 19.4 Å². The Balaban J connectivity index is 1.52. The highest BCUT2D eigenvalue weighted by Crippen LogP contribution is 2.26. The van der Waals surface area contributed by atoms with Gasteiger partial charge in [0.2, 0.25) is 5.91 Å².